The zero-order valence-electron chi connectivity index (χ0n) is 5.83. The molecule has 0 fully saturated rings. The van der Waals surface area contributed by atoms with Gasteiger partial charge in [-0.1, -0.05) is 0 Å². The van der Waals surface area contributed by atoms with Crippen LogP contribution >= 0.6 is 0 Å². The summed E-state index contributed by atoms with van der Waals surface area (Å²) in [4.78, 5) is 3.88. The van der Waals surface area contributed by atoms with Crippen LogP contribution in [0.4, 0.5) is 0 Å². The first kappa shape index (κ1) is 7.02. The van der Waals surface area contributed by atoms with Crippen LogP contribution in [0.15, 0.2) is 12.3 Å². The largest absolute Gasteiger partial charge is 0.506 e. The van der Waals surface area contributed by atoms with Gasteiger partial charge in [0.05, 0.1) is 6.20 Å². The molecule has 0 aliphatic rings. The first-order chi connectivity index (χ1) is 4.74. The van der Waals surface area contributed by atoms with Crippen LogP contribution in [0.25, 0.3) is 0 Å². The van der Waals surface area contributed by atoms with Crippen LogP contribution in [-0.4, -0.2) is 10.1 Å². The van der Waals surface area contributed by atoms with Crippen molar-refractivity contribution in [1.29, 1.82) is 0 Å². The standard InChI is InChI=1S/C7H10N2O/c1-5-2-6(3-8)7(10)4-9-5/h2,4,10H,3,8H2,1H3. The van der Waals surface area contributed by atoms with E-state index in [9.17, 15) is 0 Å². The summed E-state index contributed by atoms with van der Waals surface area (Å²) in [5.41, 5.74) is 6.95. The lowest BCUT2D eigenvalue weighted by Crippen LogP contribution is -1.97. The predicted octanol–water partition coefficient (Wildman–Crippen LogP) is 0.554. The lowest BCUT2D eigenvalue weighted by molar-refractivity contribution is 0.465. The zero-order valence-corrected chi connectivity index (χ0v) is 5.83. The summed E-state index contributed by atoms with van der Waals surface area (Å²) in [6.45, 7) is 2.22. The second-order valence-corrected chi connectivity index (χ2v) is 2.16. The van der Waals surface area contributed by atoms with Crippen molar-refractivity contribution in [3.63, 3.8) is 0 Å². The summed E-state index contributed by atoms with van der Waals surface area (Å²) in [7, 11) is 0. The topological polar surface area (TPSA) is 59.1 Å². The third-order valence-electron chi connectivity index (χ3n) is 1.32. The first-order valence-corrected chi connectivity index (χ1v) is 3.08. The summed E-state index contributed by atoms with van der Waals surface area (Å²) in [6.07, 6.45) is 1.41. The molecular weight excluding hydrogens is 128 g/mol. The molecule has 0 bridgehead atoms. The Labute approximate surface area is 59.5 Å². The lowest BCUT2D eigenvalue weighted by Gasteiger charge is -2.00. The van der Waals surface area contributed by atoms with Gasteiger partial charge in [0.15, 0.2) is 0 Å². The Morgan fingerprint density at radius 2 is 2.40 bits per heavy atom. The molecular formula is C7H10N2O. The number of nitrogens with zero attached hydrogens (tertiary/aromatic N) is 1. The zero-order chi connectivity index (χ0) is 7.56. The Morgan fingerprint density at radius 3 is 2.90 bits per heavy atom. The van der Waals surface area contributed by atoms with Crippen LogP contribution < -0.4 is 5.73 Å². The fourth-order valence-electron chi connectivity index (χ4n) is 0.773. The monoisotopic (exact) mass is 138 g/mol. The van der Waals surface area contributed by atoms with E-state index in [-0.39, 0.29) is 5.75 Å². The number of hydrogen-bond acceptors (Lipinski definition) is 3. The van der Waals surface area contributed by atoms with E-state index >= 15 is 0 Å². The number of aromatic nitrogens is 1. The van der Waals surface area contributed by atoms with Crippen molar-refractivity contribution in [2.45, 2.75) is 13.5 Å². The highest BCUT2D eigenvalue weighted by Gasteiger charge is 1.97. The summed E-state index contributed by atoms with van der Waals surface area (Å²) in [5.74, 6) is 0.174. The Morgan fingerprint density at radius 1 is 1.70 bits per heavy atom. The van der Waals surface area contributed by atoms with Crippen molar-refractivity contribution < 1.29 is 5.11 Å². The average molecular weight is 138 g/mol. The van der Waals surface area contributed by atoms with Gasteiger partial charge in [-0.2, -0.15) is 0 Å². The highest BCUT2D eigenvalue weighted by atomic mass is 16.3. The van der Waals surface area contributed by atoms with E-state index in [1.807, 2.05) is 6.92 Å². The molecule has 1 heterocycles. The van der Waals surface area contributed by atoms with E-state index in [0.29, 0.717) is 6.54 Å². The van der Waals surface area contributed by atoms with Crippen molar-refractivity contribution in [2.75, 3.05) is 0 Å². The van der Waals surface area contributed by atoms with Crippen molar-refractivity contribution in [1.82, 2.24) is 4.98 Å². The van der Waals surface area contributed by atoms with Gasteiger partial charge in [0.2, 0.25) is 0 Å². The molecule has 0 aliphatic carbocycles. The van der Waals surface area contributed by atoms with Crippen LogP contribution in [0.3, 0.4) is 0 Å². The molecule has 1 rings (SSSR count). The third kappa shape index (κ3) is 1.25. The number of nitrogens with two attached hydrogens (primary N) is 1. The minimum absolute atomic E-state index is 0.174. The van der Waals surface area contributed by atoms with Crippen molar-refractivity contribution in [2.24, 2.45) is 5.73 Å². The molecule has 10 heavy (non-hydrogen) atoms. The molecule has 0 aliphatic heterocycles. The molecule has 0 amide bonds. The Hall–Kier alpha value is -1.09. The molecule has 0 spiro atoms. The molecule has 3 nitrogen and oxygen atoms in total. The fourth-order valence-corrected chi connectivity index (χ4v) is 0.773. The van der Waals surface area contributed by atoms with Gasteiger partial charge in [0.25, 0.3) is 0 Å². The summed E-state index contributed by atoms with van der Waals surface area (Å²) >= 11 is 0. The van der Waals surface area contributed by atoms with E-state index in [4.69, 9.17) is 10.8 Å². The van der Waals surface area contributed by atoms with Gasteiger partial charge < -0.3 is 10.8 Å². The highest BCUT2D eigenvalue weighted by Crippen LogP contribution is 2.14. The molecule has 3 N–H and O–H groups in total. The van der Waals surface area contributed by atoms with Gasteiger partial charge in [-0.25, -0.2) is 0 Å². The molecule has 0 saturated carbocycles. The fraction of sp³-hybridized carbons (Fsp3) is 0.286. The van der Waals surface area contributed by atoms with Crippen molar-refractivity contribution in [3.8, 4) is 5.75 Å². The number of aryl methyl sites for hydroxylation is 1. The Balaban J connectivity index is 3.09. The van der Waals surface area contributed by atoms with Crippen molar-refractivity contribution >= 4 is 0 Å². The Bertz CT molecular complexity index is 235. The van der Waals surface area contributed by atoms with Gasteiger partial charge in [0, 0.05) is 17.8 Å². The van der Waals surface area contributed by atoms with E-state index in [1.54, 1.807) is 6.07 Å². The highest BCUT2D eigenvalue weighted by molar-refractivity contribution is 5.30. The number of aromatic hydroxyl groups is 1. The maximum atomic E-state index is 9.09. The smallest absolute Gasteiger partial charge is 0.138 e. The molecule has 3 heteroatoms. The molecule has 1 aromatic heterocycles. The normalized spacial score (nSPS) is 9.80. The SMILES string of the molecule is Cc1cc(CN)c(O)cn1. The van der Waals surface area contributed by atoms with Crippen LogP contribution in [0.5, 0.6) is 5.75 Å². The maximum Gasteiger partial charge on any atom is 0.138 e. The lowest BCUT2D eigenvalue weighted by atomic mass is 10.2. The second-order valence-electron chi connectivity index (χ2n) is 2.16. The van der Waals surface area contributed by atoms with Gasteiger partial charge >= 0.3 is 0 Å². The quantitative estimate of drug-likeness (QED) is 0.596. The summed E-state index contributed by atoms with van der Waals surface area (Å²) in [5, 5.41) is 9.09. The van der Waals surface area contributed by atoms with E-state index in [0.717, 1.165) is 11.3 Å². The maximum absolute atomic E-state index is 9.09. The molecule has 54 valence electrons. The summed E-state index contributed by atoms with van der Waals surface area (Å²) in [6, 6.07) is 1.77. The van der Waals surface area contributed by atoms with Gasteiger partial charge in [-0.05, 0) is 13.0 Å². The van der Waals surface area contributed by atoms with E-state index in [2.05, 4.69) is 4.98 Å². The third-order valence-corrected chi connectivity index (χ3v) is 1.32. The first-order valence-electron chi connectivity index (χ1n) is 3.08. The average Bonchev–Trinajstić information content (AvgIpc) is 1.94. The molecule has 0 aromatic carbocycles. The van der Waals surface area contributed by atoms with Gasteiger partial charge in [-0.3, -0.25) is 4.98 Å². The minimum Gasteiger partial charge on any atom is -0.506 e. The van der Waals surface area contributed by atoms with Crippen LogP contribution in [-0.2, 0) is 6.54 Å². The van der Waals surface area contributed by atoms with Gasteiger partial charge in [0.1, 0.15) is 5.75 Å². The second kappa shape index (κ2) is 2.66. The number of hydrogen-bond donors (Lipinski definition) is 2. The molecule has 0 atom stereocenters. The van der Waals surface area contributed by atoms with Crippen LogP contribution in [0, 0.1) is 6.92 Å². The predicted molar refractivity (Wildman–Crippen MR) is 38.5 cm³/mol. The van der Waals surface area contributed by atoms with Crippen LogP contribution in [0.2, 0.25) is 0 Å². The van der Waals surface area contributed by atoms with E-state index in [1.165, 1.54) is 6.20 Å². The van der Waals surface area contributed by atoms with Gasteiger partial charge in [-0.15, -0.1) is 0 Å². The molecule has 0 radical (unpaired) electrons. The van der Waals surface area contributed by atoms with E-state index < -0.39 is 0 Å². The Kier molecular flexibility index (Phi) is 1.87. The minimum atomic E-state index is 0.174. The number of pyridine rings is 1. The molecule has 0 unspecified atom stereocenters. The number of rotatable bonds is 1. The molecule has 0 saturated heterocycles. The van der Waals surface area contributed by atoms with Crippen molar-refractivity contribution in [3.05, 3.63) is 23.5 Å². The molecule has 1 aromatic rings. The van der Waals surface area contributed by atoms with Crippen LogP contribution in [0.1, 0.15) is 11.3 Å². The summed E-state index contributed by atoms with van der Waals surface area (Å²) < 4.78 is 0.